The van der Waals surface area contributed by atoms with E-state index in [1.807, 2.05) is 30.3 Å². The van der Waals surface area contributed by atoms with Crippen LogP contribution >= 0.6 is 23.2 Å². The van der Waals surface area contributed by atoms with Crippen molar-refractivity contribution >= 4 is 28.9 Å². The fourth-order valence-electron chi connectivity index (χ4n) is 1.71. The van der Waals surface area contributed by atoms with Gasteiger partial charge in [-0.2, -0.15) is 10.5 Å². The van der Waals surface area contributed by atoms with E-state index < -0.39 is 0 Å². The molecule has 3 nitrogen and oxygen atoms in total. The summed E-state index contributed by atoms with van der Waals surface area (Å²) in [6, 6.07) is 16.5. The van der Waals surface area contributed by atoms with E-state index in [-0.39, 0.29) is 5.57 Å². The number of rotatable bonds is 3. The second-order valence-corrected chi connectivity index (χ2v) is 4.95. The number of hydrogen-bond donors (Lipinski definition) is 1. The van der Waals surface area contributed by atoms with E-state index in [2.05, 4.69) is 5.32 Å². The van der Waals surface area contributed by atoms with Crippen molar-refractivity contribution in [2.24, 2.45) is 0 Å². The third kappa shape index (κ3) is 3.77. The van der Waals surface area contributed by atoms with Gasteiger partial charge in [-0.15, -0.1) is 0 Å². The number of halogens is 2. The minimum Gasteiger partial charge on any atom is -0.360 e. The van der Waals surface area contributed by atoms with Crippen LogP contribution in [0, 0.1) is 22.7 Å². The number of anilines is 1. The summed E-state index contributed by atoms with van der Waals surface area (Å²) in [6.07, 6.45) is 1.37. The van der Waals surface area contributed by atoms with Gasteiger partial charge in [0.05, 0.1) is 10.0 Å². The molecule has 5 heteroatoms. The molecule has 0 aliphatic carbocycles. The highest BCUT2D eigenvalue weighted by molar-refractivity contribution is 6.42. The second kappa shape index (κ2) is 6.81. The van der Waals surface area contributed by atoms with Gasteiger partial charge in [-0.25, -0.2) is 0 Å². The average Bonchev–Trinajstić information content (AvgIpc) is 2.51. The van der Waals surface area contributed by atoms with E-state index in [4.69, 9.17) is 33.7 Å². The van der Waals surface area contributed by atoms with Crippen molar-refractivity contribution in [3.63, 3.8) is 0 Å². The minimum absolute atomic E-state index is 0.00920. The van der Waals surface area contributed by atoms with Crippen LogP contribution in [0.25, 0.3) is 11.1 Å². The Labute approximate surface area is 132 Å². The Morgan fingerprint density at radius 2 is 1.67 bits per heavy atom. The molecule has 2 aromatic rings. The lowest BCUT2D eigenvalue weighted by Gasteiger charge is -2.06. The first-order chi connectivity index (χ1) is 10.1. The van der Waals surface area contributed by atoms with Gasteiger partial charge in [-0.05, 0) is 35.4 Å². The van der Waals surface area contributed by atoms with Crippen molar-refractivity contribution in [1.82, 2.24) is 0 Å². The van der Waals surface area contributed by atoms with Gasteiger partial charge in [0.2, 0.25) is 0 Å². The van der Waals surface area contributed by atoms with Gasteiger partial charge in [0.25, 0.3) is 0 Å². The molecule has 0 radical (unpaired) electrons. The first-order valence-corrected chi connectivity index (χ1v) is 6.72. The SMILES string of the molecule is N#CC(C#N)=CNc1cccc(-c2ccc(Cl)c(Cl)c2)c1. The Balaban J connectivity index is 2.30. The van der Waals surface area contributed by atoms with Gasteiger partial charge >= 0.3 is 0 Å². The number of allylic oxidation sites excluding steroid dienone is 1. The van der Waals surface area contributed by atoms with E-state index in [1.165, 1.54) is 6.20 Å². The summed E-state index contributed by atoms with van der Waals surface area (Å²) < 4.78 is 0. The van der Waals surface area contributed by atoms with Gasteiger partial charge in [-0.1, -0.05) is 41.4 Å². The van der Waals surface area contributed by atoms with Crippen LogP contribution in [0.1, 0.15) is 0 Å². The highest BCUT2D eigenvalue weighted by Crippen LogP contribution is 2.29. The van der Waals surface area contributed by atoms with E-state index >= 15 is 0 Å². The maximum atomic E-state index is 8.69. The predicted molar refractivity (Wildman–Crippen MR) is 84.8 cm³/mol. The van der Waals surface area contributed by atoms with Crippen LogP contribution in [0.3, 0.4) is 0 Å². The molecule has 0 bridgehead atoms. The van der Waals surface area contributed by atoms with Crippen molar-refractivity contribution in [1.29, 1.82) is 10.5 Å². The van der Waals surface area contributed by atoms with Crippen LogP contribution in [-0.2, 0) is 0 Å². The van der Waals surface area contributed by atoms with Crippen molar-refractivity contribution in [2.75, 3.05) is 5.32 Å². The third-order valence-corrected chi connectivity index (χ3v) is 3.48. The smallest absolute Gasteiger partial charge is 0.145 e. The molecule has 0 unspecified atom stereocenters. The molecule has 0 aromatic heterocycles. The van der Waals surface area contributed by atoms with E-state index in [0.717, 1.165) is 16.8 Å². The first kappa shape index (κ1) is 14.9. The molecule has 0 saturated heterocycles. The minimum atomic E-state index is 0.00920. The average molecular weight is 314 g/mol. The predicted octanol–water partition coefficient (Wildman–Crippen LogP) is 5.00. The number of nitriles is 2. The summed E-state index contributed by atoms with van der Waals surface area (Å²) in [7, 11) is 0. The Morgan fingerprint density at radius 3 is 2.33 bits per heavy atom. The summed E-state index contributed by atoms with van der Waals surface area (Å²) in [5, 5.41) is 21.3. The first-order valence-electron chi connectivity index (χ1n) is 5.96. The van der Waals surface area contributed by atoms with E-state index in [0.29, 0.717) is 10.0 Å². The summed E-state index contributed by atoms with van der Waals surface area (Å²) in [5.74, 6) is 0. The van der Waals surface area contributed by atoms with Crippen LogP contribution in [0.15, 0.2) is 54.2 Å². The molecule has 0 amide bonds. The van der Waals surface area contributed by atoms with Crippen molar-refractivity contribution in [2.45, 2.75) is 0 Å². The molecule has 0 aliphatic heterocycles. The largest absolute Gasteiger partial charge is 0.360 e. The number of nitrogens with zero attached hydrogens (tertiary/aromatic N) is 2. The zero-order chi connectivity index (χ0) is 15.2. The monoisotopic (exact) mass is 313 g/mol. The molecule has 0 spiro atoms. The summed E-state index contributed by atoms with van der Waals surface area (Å²) >= 11 is 11.9. The van der Waals surface area contributed by atoms with Gasteiger partial charge in [-0.3, -0.25) is 0 Å². The highest BCUT2D eigenvalue weighted by Gasteiger charge is 2.03. The molecular weight excluding hydrogens is 305 g/mol. The fourth-order valence-corrected chi connectivity index (χ4v) is 2.01. The molecule has 0 atom stereocenters. The van der Waals surface area contributed by atoms with Crippen molar-refractivity contribution in [3.05, 3.63) is 64.3 Å². The third-order valence-electron chi connectivity index (χ3n) is 2.74. The molecule has 0 saturated carbocycles. The molecule has 0 heterocycles. The van der Waals surface area contributed by atoms with Crippen molar-refractivity contribution < 1.29 is 0 Å². The zero-order valence-corrected chi connectivity index (χ0v) is 12.3. The normalized spacial score (nSPS) is 9.33. The van der Waals surface area contributed by atoms with Crippen LogP contribution in [-0.4, -0.2) is 0 Å². The van der Waals surface area contributed by atoms with Crippen LogP contribution < -0.4 is 5.32 Å². The molecular formula is C16H9Cl2N3. The van der Waals surface area contributed by atoms with Crippen LogP contribution in [0.5, 0.6) is 0 Å². The number of nitrogens with one attached hydrogen (secondary N) is 1. The van der Waals surface area contributed by atoms with Gasteiger partial charge < -0.3 is 5.32 Å². The van der Waals surface area contributed by atoms with Crippen LogP contribution in [0.4, 0.5) is 5.69 Å². The maximum absolute atomic E-state index is 8.69. The second-order valence-electron chi connectivity index (χ2n) is 4.14. The summed E-state index contributed by atoms with van der Waals surface area (Å²) in [5.41, 5.74) is 2.65. The van der Waals surface area contributed by atoms with E-state index in [9.17, 15) is 0 Å². The molecule has 21 heavy (non-hydrogen) atoms. The molecule has 1 N–H and O–H groups in total. The number of hydrogen-bond acceptors (Lipinski definition) is 3. The quantitative estimate of drug-likeness (QED) is 0.811. The highest BCUT2D eigenvalue weighted by atomic mass is 35.5. The molecule has 2 rings (SSSR count). The summed E-state index contributed by atoms with van der Waals surface area (Å²) in [4.78, 5) is 0. The Bertz CT molecular complexity index is 767. The zero-order valence-electron chi connectivity index (χ0n) is 10.8. The molecule has 2 aromatic carbocycles. The topological polar surface area (TPSA) is 59.6 Å². The Kier molecular flexibility index (Phi) is 4.85. The van der Waals surface area contributed by atoms with Crippen molar-refractivity contribution in [3.8, 4) is 23.3 Å². The van der Waals surface area contributed by atoms with Gasteiger partial charge in [0.15, 0.2) is 0 Å². The summed E-state index contributed by atoms with van der Waals surface area (Å²) in [6.45, 7) is 0. The Hall–Kier alpha value is -2.46. The molecule has 0 aliphatic rings. The molecule has 0 fully saturated rings. The Morgan fingerprint density at radius 1 is 0.952 bits per heavy atom. The lowest BCUT2D eigenvalue weighted by atomic mass is 10.1. The maximum Gasteiger partial charge on any atom is 0.145 e. The van der Waals surface area contributed by atoms with Gasteiger partial charge in [0, 0.05) is 11.9 Å². The van der Waals surface area contributed by atoms with Crippen LogP contribution in [0.2, 0.25) is 10.0 Å². The lowest BCUT2D eigenvalue weighted by molar-refractivity contribution is 1.44. The molecule has 102 valence electrons. The lowest BCUT2D eigenvalue weighted by Crippen LogP contribution is -1.90. The van der Waals surface area contributed by atoms with Gasteiger partial charge in [0.1, 0.15) is 17.7 Å². The van der Waals surface area contributed by atoms with E-state index in [1.54, 1.807) is 24.3 Å². The standard InChI is InChI=1S/C16H9Cl2N3/c17-15-5-4-13(7-16(15)18)12-2-1-3-14(6-12)21-10-11(8-19)9-20/h1-7,10,21H. The number of benzene rings is 2. The fraction of sp³-hybridized carbons (Fsp3) is 0.